The van der Waals surface area contributed by atoms with Crippen LogP contribution in [0.4, 0.5) is 10.1 Å². The first-order chi connectivity index (χ1) is 9.75. The van der Waals surface area contributed by atoms with Gasteiger partial charge in [-0.2, -0.15) is 0 Å². The summed E-state index contributed by atoms with van der Waals surface area (Å²) in [6.45, 7) is 0. The third kappa shape index (κ3) is 4.22. The number of halogens is 2. The first-order valence-corrected chi connectivity index (χ1v) is 8.28. The number of anilines is 1. The lowest BCUT2D eigenvalue weighted by atomic mass is 10.2. The maximum absolute atomic E-state index is 13.4. The van der Waals surface area contributed by atoms with Crippen molar-refractivity contribution in [1.82, 2.24) is 0 Å². The molecular weight excluding hydrogens is 410 g/mol. The summed E-state index contributed by atoms with van der Waals surface area (Å²) in [6, 6.07) is 9.61. The molecule has 0 unspecified atom stereocenters. The molecule has 0 fully saturated rings. The van der Waals surface area contributed by atoms with E-state index >= 15 is 0 Å². The number of hydrogen-bond donors (Lipinski definition) is 2. The molecular formula is C13H10FIN2O3S. The Morgan fingerprint density at radius 3 is 2.33 bits per heavy atom. The molecule has 2 rings (SSSR count). The van der Waals surface area contributed by atoms with Crippen molar-refractivity contribution in [2.45, 2.75) is 4.90 Å². The van der Waals surface area contributed by atoms with Gasteiger partial charge >= 0.3 is 0 Å². The van der Waals surface area contributed by atoms with Crippen LogP contribution >= 0.6 is 22.6 Å². The fourth-order valence-electron chi connectivity index (χ4n) is 1.60. The summed E-state index contributed by atoms with van der Waals surface area (Å²) in [5.41, 5.74) is 0.388. The van der Waals surface area contributed by atoms with Gasteiger partial charge in [0.2, 0.25) is 10.0 Å². The smallest absolute Gasteiger partial charge is 0.255 e. The molecule has 0 saturated carbocycles. The summed E-state index contributed by atoms with van der Waals surface area (Å²) in [5, 5.41) is 7.37. The molecule has 0 saturated heterocycles. The number of primary sulfonamides is 1. The van der Waals surface area contributed by atoms with Crippen molar-refractivity contribution in [2.75, 3.05) is 5.32 Å². The highest BCUT2D eigenvalue weighted by atomic mass is 127. The van der Waals surface area contributed by atoms with Gasteiger partial charge < -0.3 is 5.32 Å². The lowest BCUT2D eigenvalue weighted by Crippen LogP contribution is -2.15. The van der Waals surface area contributed by atoms with Crippen molar-refractivity contribution in [3.8, 4) is 0 Å². The first kappa shape index (κ1) is 15.9. The highest BCUT2D eigenvalue weighted by Crippen LogP contribution is 2.18. The van der Waals surface area contributed by atoms with E-state index in [0.717, 1.165) is 21.8 Å². The Morgan fingerprint density at radius 2 is 1.76 bits per heavy atom. The molecule has 0 aliphatic rings. The number of hydrogen-bond acceptors (Lipinski definition) is 3. The number of rotatable bonds is 3. The van der Waals surface area contributed by atoms with E-state index in [1.165, 1.54) is 0 Å². The Balaban J connectivity index is 2.29. The van der Waals surface area contributed by atoms with Crippen LogP contribution in [0.25, 0.3) is 0 Å². The predicted octanol–water partition coefficient (Wildman–Crippen LogP) is 2.33. The average Bonchev–Trinajstić information content (AvgIpc) is 2.37. The molecule has 0 aliphatic carbocycles. The minimum Gasteiger partial charge on any atom is -0.322 e. The maximum Gasteiger partial charge on any atom is 0.255 e. The summed E-state index contributed by atoms with van der Waals surface area (Å²) >= 11 is 2.10. The molecule has 0 spiro atoms. The highest BCUT2D eigenvalue weighted by Gasteiger charge is 2.13. The number of amides is 1. The topological polar surface area (TPSA) is 89.3 Å². The maximum atomic E-state index is 13.4. The van der Waals surface area contributed by atoms with Crippen LogP contribution in [-0.4, -0.2) is 14.3 Å². The van der Waals surface area contributed by atoms with E-state index in [1.807, 2.05) is 0 Å². The number of benzene rings is 2. The summed E-state index contributed by atoms with van der Waals surface area (Å²) < 4.78 is 36.8. The first-order valence-electron chi connectivity index (χ1n) is 5.66. The molecule has 5 nitrogen and oxygen atoms in total. The minimum absolute atomic E-state index is 0.0163. The van der Waals surface area contributed by atoms with Gasteiger partial charge in [-0.3, -0.25) is 4.79 Å². The van der Waals surface area contributed by atoms with Gasteiger partial charge in [0.25, 0.3) is 5.91 Å². The Labute approximate surface area is 134 Å². The lowest BCUT2D eigenvalue weighted by Gasteiger charge is -2.07. The van der Waals surface area contributed by atoms with Crippen molar-refractivity contribution in [2.24, 2.45) is 5.14 Å². The zero-order valence-corrected chi connectivity index (χ0v) is 13.5. The molecule has 0 atom stereocenters. The molecule has 2 aromatic rings. The molecule has 21 heavy (non-hydrogen) atoms. The second-order valence-electron chi connectivity index (χ2n) is 4.18. The summed E-state index contributed by atoms with van der Waals surface area (Å²) in [6.07, 6.45) is 0. The Hall–Kier alpha value is -1.52. The summed E-state index contributed by atoms with van der Waals surface area (Å²) in [4.78, 5) is 11.6. The molecule has 0 aromatic heterocycles. The molecule has 1 amide bonds. The zero-order chi connectivity index (χ0) is 15.6. The molecule has 0 heterocycles. The molecule has 3 N–H and O–H groups in total. The van der Waals surface area contributed by atoms with Crippen molar-refractivity contribution in [3.63, 3.8) is 0 Å². The quantitative estimate of drug-likeness (QED) is 0.748. The summed E-state index contributed by atoms with van der Waals surface area (Å²) in [7, 11) is -4.05. The van der Waals surface area contributed by atoms with Gasteiger partial charge in [-0.15, -0.1) is 0 Å². The van der Waals surface area contributed by atoms with Gasteiger partial charge in [0.1, 0.15) is 5.82 Å². The van der Waals surface area contributed by atoms with Gasteiger partial charge in [0, 0.05) is 14.8 Å². The number of nitrogens with one attached hydrogen (secondary N) is 1. The van der Waals surface area contributed by atoms with Crippen LogP contribution < -0.4 is 10.5 Å². The molecule has 8 heteroatoms. The van der Waals surface area contributed by atoms with Gasteiger partial charge in [0.15, 0.2) is 0 Å². The third-order valence-corrected chi connectivity index (χ3v) is 4.18. The minimum atomic E-state index is -4.05. The zero-order valence-electron chi connectivity index (χ0n) is 10.5. The number of carbonyl (C=O) groups excluding carboxylic acids is 1. The Kier molecular flexibility index (Phi) is 4.59. The predicted molar refractivity (Wildman–Crippen MR) is 84.9 cm³/mol. The lowest BCUT2D eigenvalue weighted by molar-refractivity contribution is 0.102. The van der Waals surface area contributed by atoms with Gasteiger partial charge in [-0.1, -0.05) is 0 Å². The van der Waals surface area contributed by atoms with E-state index in [2.05, 4.69) is 27.9 Å². The normalized spacial score (nSPS) is 11.2. The largest absolute Gasteiger partial charge is 0.322 e. The van der Waals surface area contributed by atoms with Crippen LogP contribution in [0.15, 0.2) is 47.4 Å². The van der Waals surface area contributed by atoms with Crippen LogP contribution in [0, 0.1) is 9.39 Å². The van der Waals surface area contributed by atoms with E-state index in [9.17, 15) is 17.6 Å². The standard InChI is InChI=1S/C13H10FIN2O3S/c14-9-5-11(7-12(6-9)21(16,19)20)17-13(18)8-1-3-10(15)4-2-8/h1-7H,(H,17,18)(H2,16,19,20). The number of carbonyl (C=O) groups is 1. The van der Waals surface area contributed by atoms with Crippen LogP contribution in [0.2, 0.25) is 0 Å². The van der Waals surface area contributed by atoms with Crippen molar-refractivity contribution in [1.29, 1.82) is 0 Å². The van der Waals surface area contributed by atoms with E-state index in [1.54, 1.807) is 24.3 Å². The number of sulfonamides is 1. The van der Waals surface area contributed by atoms with Crippen LogP contribution in [0.1, 0.15) is 10.4 Å². The molecule has 0 radical (unpaired) electrons. The summed E-state index contributed by atoms with van der Waals surface area (Å²) in [5.74, 6) is -1.28. The van der Waals surface area contributed by atoms with Gasteiger partial charge in [-0.05, 0) is 65.1 Å². The van der Waals surface area contributed by atoms with Gasteiger partial charge in [0.05, 0.1) is 4.90 Å². The fourth-order valence-corrected chi connectivity index (χ4v) is 2.53. The second-order valence-corrected chi connectivity index (χ2v) is 6.99. The van der Waals surface area contributed by atoms with E-state index in [4.69, 9.17) is 5.14 Å². The molecule has 0 bridgehead atoms. The van der Waals surface area contributed by atoms with Crippen LogP contribution in [-0.2, 0) is 10.0 Å². The van der Waals surface area contributed by atoms with Crippen molar-refractivity contribution >= 4 is 44.2 Å². The molecule has 0 aliphatic heterocycles. The third-order valence-electron chi connectivity index (χ3n) is 2.56. The van der Waals surface area contributed by atoms with Crippen molar-refractivity contribution in [3.05, 3.63) is 57.4 Å². The van der Waals surface area contributed by atoms with Crippen molar-refractivity contribution < 1.29 is 17.6 Å². The monoisotopic (exact) mass is 420 g/mol. The Morgan fingerprint density at radius 1 is 1.14 bits per heavy atom. The Bertz CT molecular complexity index is 792. The van der Waals surface area contributed by atoms with Crippen LogP contribution in [0.3, 0.4) is 0 Å². The SMILES string of the molecule is NS(=O)(=O)c1cc(F)cc(NC(=O)c2ccc(I)cc2)c1. The van der Waals surface area contributed by atoms with E-state index in [-0.39, 0.29) is 5.69 Å². The number of nitrogens with two attached hydrogens (primary N) is 1. The molecule has 110 valence electrons. The van der Waals surface area contributed by atoms with E-state index in [0.29, 0.717) is 5.56 Å². The molecule has 2 aromatic carbocycles. The van der Waals surface area contributed by atoms with E-state index < -0.39 is 26.6 Å². The van der Waals surface area contributed by atoms with Crippen LogP contribution in [0.5, 0.6) is 0 Å². The fraction of sp³-hybridized carbons (Fsp3) is 0. The second kappa shape index (κ2) is 6.08. The van der Waals surface area contributed by atoms with Gasteiger partial charge in [-0.25, -0.2) is 17.9 Å². The average molecular weight is 420 g/mol. The highest BCUT2D eigenvalue weighted by molar-refractivity contribution is 14.1.